The Bertz CT molecular complexity index is 507. The van der Waals surface area contributed by atoms with Gasteiger partial charge in [0.25, 0.3) is 0 Å². The fraction of sp³-hybridized carbons (Fsp3) is 0.333. The van der Waals surface area contributed by atoms with Crippen LogP contribution in [0.1, 0.15) is 12.5 Å². The lowest BCUT2D eigenvalue weighted by molar-refractivity contribution is 0.551. The summed E-state index contributed by atoms with van der Waals surface area (Å²) < 4.78 is 31.7. The predicted molar refractivity (Wildman–Crippen MR) is 58.4 cm³/mol. The first-order valence-corrected chi connectivity index (χ1v) is 5.14. The van der Waals surface area contributed by atoms with Gasteiger partial charge >= 0.3 is 0 Å². The molecule has 0 aliphatic carbocycles. The largest absolute Gasteiger partial charge is 0.461 e. The van der Waals surface area contributed by atoms with Crippen LogP contribution in [-0.2, 0) is 6.42 Å². The van der Waals surface area contributed by atoms with E-state index >= 15 is 0 Å². The maximum absolute atomic E-state index is 13.6. The molecule has 0 radical (unpaired) electrons. The van der Waals surface area contributed by atoms with Crippen LogP contribution in [0.15, 0.2) is 22.8 Å². The first-order valence-electron chi connectivity index (χ1n) is 5.14. The fourth-order valence-corrected chi connectivity index (χ4v) is 1.65. The number of benzene rings is 1. The normalized spacial score (nSPS) is 13.2. The SMILES string of the molecule is CNC(C)Cc1cc2c(F)coc2cc1F. The highest BCUT2D eigenvalue weighted by atomic mass is 19.1. The Morgan fingerprint density at radius 1 is 1.31 bits per heavy atom. The summed E-state index contributed by atoms with van der Waals surface area (Å²) in [4.78, 5) is 0. The molecular weight excluding hydrogens is 212 g/mol. The van der Waals surface area contributed by atoms with Crippen molar-refractivity contribution in [3.63, 3.8) is 0 Å². The summed E-state index contributed by atoms with van der Waals surface area (Å²) in [5.41, 5.74) is 0.741. The third kappa shape index (κ3) is 1.93. The third-order valence-corrected chi connectivity index (χ3v) is 2.71. The van der Waals surface area contributed by atoms with Gasteiger partial charge in [-0.1, -0.05) is 0 Å². The number of rotatable bonds is 3. The van der Waals surface area contributed by atoms with Crippen molar-refractivity contribution in [2.45, 2.75) is 19.4 Å². The van der Waals surface area contributed by atoms with E-state index in [0.717, 1.165) is 6.26 Å². The van der Waals surface area contributed by atoms with E-state index in [1.54, 1.807) is 7.05 Å². The molecule has 1 unspecified atom stereocenters. The number of hydrogen-bond donors (Lipinski definition) is 1. The molecule has 2 rings (SSSR count). The maximum Gasteiger partial charge on any atom is 0.169 e. The van der Waals surface area contributed by atoms with Gasteiger partial charge in [-0.3, -0.25) is 0 Å². The molecule has 0 saturated carbocycles. The highest BCUT2D eigenvalue weighted by Crippen LogP contribution is 2.24. The monoisotopic (exact) mass is 225 g/mol. The highest BCUT2D eigenvalue weighted by Gasteiger charge is 2.12. The van der Waals surface area contributed by atoms with E-state index in [0.29, 0.717) is 17.4 Å². The fourth-order valence-electron chi connectivity index (χ4n) is 1.65. The summed E-state index contributed by atoms with van der Waals surface area (Å²) in [7, 11) is 1.81. The minimum absolute atomic E-state index is 0.141. The Hall–Kier alpha value is -1.42. The Labute approximate surface area is 92.2 Å². The van der Waals surface area contributed by atoms with E-state index < -0.39 is 5.82 Å². The third-order valence-electron chi connectivity index (χ3n) is 2.71. The Morgan fingerprint density at radius 3 is 2.75 bits per heavy atom. The zero-order valence-electron chi connectivity index (χ0n) is 9.18. The summed E-state index contributed by atoms with van der Waals surface area (Å²) in [6, 6.07) is 2.88. The van der Waals surface area contributed by atoms with Gasteiger partial charge in [-0.2, -0.15) is 0 Å². The average Bonchev–Trinajstić information content (AvgIpc) is 2.61. The van der Waals surface area contributed by atoms with Crippen molar-refractivity contribution in [3.05, 3.63) is 35.6 Å². The van der Waals surface area contributed by atoms with Crippen LogP contribution < -0.4 is 5.32 Å². The summed E-state index contributed by atoms with van der Waals surface area (Å²) in [5, 5.41) is 3.35. The molecule has 0 saturated heterocycles. The minimum Gasteiger partial charge on any atom is -0.461 e. The molecule has 0 aliphatic rings. The molecule has 16 heavy (non-hydrogen) atoms. The highest BCUT2D eigenvalue weighted by molar-refractivity contribution is 5.78. The number of likely N-dealkylation sites (N-methyl/N-ethyl adjacent to an activating group) is 1. The minimum atomic E-state index is -0.451. The molecule has 1 aromatic heterocycles. The smallest absolute Gasteiger partial charge is 0.169 e. The molecule has 0 amide bonds. The van der Waals surface area contributed by atoms with Gasteiger partial charge in [0.15, 0.2) is 5.82 Å². The van der Waals surface area contributed by atoms with Gasteiger partial charge in [-0.15, -0.1) is 0 Å². The van der Waals surface area contributed by atoms with Gasteiger partial charge in [-0.25, -0.2) is 8.78 Å². The first kappa shape index (κ1) is 11.1. The summed E-state index contributed by atoms with van der Waals surface area (Å²) in [5.74, 6) is -0.808. The molecule has 2 nitrogen and oxygen atoms in total. The molecule has 1 aromatic carbocycles. The molecule has 0 aliphatic heterocycles. The summed E-state index contributed by atoms with van der Waals surface area (Å²) in [6.45, 7) is 1.94. The molecule has 4 heteroatoms. The second kappa shape index (κ2) is 4.22. The lowest BCUT2D eigenvalue weighted by atomic mass is 10.0. The summed E-state index contributed by atoms with van der Waals surface area (Å²) >= 11 is 0. The molecule has 0 spiro atoms. The van der Waals surface area contributed by atoms with Crippen LogP contribution in [0, 0.1) is 11.6 Å². The van der Waals surface area contributed by atoms with Crippen LogP contribution in [0.25, 0.3) is 11.0 Å². The Balaban J connectivity index is 2.44. The van der Waals surface area contributed by atoms with E-state index in [4.69, 9.17) is 4.42 Å². The zero-order valence-corrected chi connectivity index (χ0v) is 9.18. The van der Waals surface area contributed by atoms with E-state index in [-0.39, 0.29) is 17.4 Å². The molecule has 0 fully saturated rings. The summed E-state index contributed by atoms with van der Waals surface area (Å²) in [6.07, 6.45) is 1.51. The lowest BCUT2D eigenvalue weighted by Crippen LogP contribution is -2.23. The zero-order chi connectivity index (χ0) is 11.7. The molecule has 1 N–H and O–H groups in total. The quantitative estimate of drug-likeness (QED) is 0.868. The van der Waals surface area contributed by atoms with E-state index in [1.165, 1.54) is 12.1 Å². The number of halogens is 2. The van der Waals surface area contributed by atoms with Crippen LogP contribution in [-0.4, -0.2) is 13.1 Å². The maximum atomic E-state index is 13.6. The van der Waals surface area contributed by atoms with Crippen molar-refractivity contribution < 1.29 is 13.2 Å². The predicted octanol–water partition coefficient (Wildman–Crippen LogP) is 2.86. The second-order valence-corrected chi connectivity index (χ2v) is 3.92. The number of nitrogens with one attached hydrogen (secondary N) is 1. The first-order chi connectivity index (χ1) is 7.61. The van der Waals surface area contributed by atoms with Crippen LogP contribution in [0.3, 0.4) is 0 Å². The van der Waals surface area contributed by atoms with Gasteiger partial charge in [0, 0.05) is 12.1 Å². The van der Waals surface area contributed by atoms with E-state index in [1.807, 2.05) is 6.92 Å². The molecule has 86 valence electrons. The topological polar surface area (TPSA) is 25.2 Å². The van der Waals surface area contributed by atoms with Gasteiger partial charge in [0.05, 0.1) is 5.39 Å². The van der Waals surface area contributed by atoms with Gasteiger partial charge in [0.1, 0.15) is 17.7 Å². The second-order valence-electron chi connectivity index (χ2n) is 3.92. The van der Waals surface area contributed by atoms with Gasteiger partial charge in [-0.05, 0) is 32.0 Å². The van der Waals surface area contributed by atoms with E-state index in [2.05, 4.69) is 5.32 Å². The van der Waals surface area contributed by atoms with Crippen molar-refractivity contribution >= 4 is 11.0 Å². The van der Waals surface area contributed by atoms with Crippen molar-refractivity contribution in [3.8, 4) is 0 Å². The number of fused-ring (bicyclic) bond motifs is 1. The Morgan fingerprint density at radius 2 is 2.06 bits per heavy atom. The van der Waals surface area contributed by atoms with Gasteiger partial charge in [0.2, 0.25) is 0 Å². The van der Waals surface area contributed by atoms with Crippen LogP contribution in [0.2, 0.25) is 0 Å². The molecule has 1 heterocycles. The van der Waals surface area contributed by atoms with Crippen LogP contribution in [0.5, 0.6) is 0 Å². The van der Waals surface area contributed by atoms with Crippen LogP contribution in [0.4, 0.5) is 8.78 Å². The van der Waals surface area contributed by atoms with Crippen LogP contribution >= 0.6 is 0 Å². The Kier molecular flexibility index (Phi) is 2.92. The molecule has 2 aromatic rings. The standard InChI is InChI=1S/C12H13F2NO/c1-7(15-2)3-8-4-9-11(14)6-16-12(9)5-10(8)13/h4-7,15H,3H2,1-2H3. The lowest BCUT2D eigenvalue weighted by Gasteiger charge is -2.10. The van der Waals surface area contributed by atoms with E-state index in [9.17, 15) is 8.78 Å². The van der Waals surface area contributed by atoms with Crippen molar-refractivity contribution in [2.24, 2.45) is 0 Å². The number of hydrogen-bond acceptors (Lipinski definition) is 2. The average molecular weight is 225 g/mol. The molecule has 1 atom stereocenters. The molecular formula is C12H13F2NO. The van der Waals surface area contributed by atoms with Crippen molar-refractivity contribution in [1.82, 2.24) is 5.32 Å². The number of furan rings is 1. The van der Waals surface area contributed by atoms with Crippen molar-refractivity contribution in [1.29, 1.82) is 0 Å². The van der Waals surface area contributed by atoms with Crippen molar-refractivity contribution in [2.75, 3.05) is 7.05 Å². The van der Waals surface area contributed by atoms with Gasteiger partial charge < -0.3 is 9.73 Å². The molecule has 0 bridgehead atoms.